The highest BCUT2D eigenvalue weighted by molar-refractivity contribution is 9.10. The van der Waals surface area contributed by atoms with Crippen molar-refractivity contribution in [1.29, 1.82) is 0 Å². The van der Waals surface area contributed by atoms with Crippen LogP contribution in [-0.2, 0) is 4.79 Å². The molecule has 0 saturated heterocycles. The fourth-order valence-corrected chi connectivity index (χ4v) is 2.84. The van der Waals surface area contributed by atoms with Gasteiger partial charge < -0.3 is 9.47 Å². The first-order valence-corrected chi connectivity index (χ1v) is 10.0. The van der Waals surface area contributed by atoms with Gasteiger partial charge in [0.1, 0.15) is 11.5 Å². The molecule has 9 heteroatoms. The highest BCUT2D eigenvalue weighted by Crippen LogP contribution is 2.26. The number of hydrazine groups is 1. The van der Waals surface area contributed by atoms with Crippen molar-refractivity contribution < 1.29 is 19.1 Å². The first-order chi connectivity index (χ1) is 13.8. The van der Waals surface area contributed by atoms with Gasteiger partial charge >= 0.3 is 0 Å². The van der Waals surface area contributed by atoms with E-state index in [0.717, 1.165) is 5.56 Å². The predicted molar refractivity (Wildman–Crippen MR) is 118 cm³/mol. The Morgan fingerprint density at radius 1 is 1.10 bits per heavy atom. The fourth-order valence-electron chi connectivity index (χ4n) is 2.22. The van der Waals surface area contributed by atoms with E-state index in [9.17, 15) is 9.59 Å². The van der Waals surface area contributed by atoms with Gasteiger partial charge in [-0.15, -0.1) is 0 Å². The van der Waals surface area contributed by atoms with Gasteiger partial charge in [-0.3, -0.25) is 25.8 Å². The molecule has 0 bridgehead atoms. The minimum absolute atomic E-state index is 0.0150. The van der Waals surface area contributed by atoms with Crippen LogP contribution in [0.1, 0.15) is 29.8 Å². The minimum Gasteiger partial charge on any atom is -0.490 e. The highest BCUT2D eigenvalue weighted by Gasteiger charge is 2.12. The SMILES string of the molecule is Cc1ccccc1OCC(=O)NNC(=S)NC(=O)c1ccc(OC(C)C)c(Br)c1. The Kier molecular flexibility index (Phi) is 8.41. The summed E-state index contributed by atoms with van der Waals surface area (Å²) in [5.74, 6) is 0.389. The van der Waals surface area contributed by atoms with E-state index in [4.69, 9.17) is 21.7 Å². The molecule has 0 aromatic heterocycles. The molecule has 2 amide bonds. The van der Waals surface area contributed by atoms with Gasteiger partial charge in [-0.2, -0.15) is 0 Å². The number of nitrogens with one attached hydrogen (secondary N) is 3. The van der Waals surface area contributed by atoms with Crippen LogP contribution in [0, 0.1) is 6.92 Å². The Morgan fingerprint density at radius 3 is 2.48 bits per heavy atom. The number of halogens is 1. The summed E-state index contributed by atoms with van der Waals surface area (Å²) in [4.78, 5) is 24.2. The van der Waals surface area contributed by atoms with Gasteiger partial charge in [0.2, 0.25) is 0 Å². The Morgan fingerprint density at radius 2 is 1.83 bits per heavy atom. The number of aryl methyl sites for hydroxylation is 1. The van der Waals surface area contributed by atoms with Gasteiger partial charge in [0, 0.05) is 5.56 Å². The van der Waals surface area contributed by atoms with E-state index >= 15 is 0 Å². The van der Waals surface area contributed by atoms with Gasteiger partial charge in [-0.25, -0.2) is 0 Å². The maximum absolute atomic E-state index is 12.3. The van der Waals surface area contributed by atoms with Crippen molar-refractivity contribution in [2.24, 2.45) is 0 Å². The molecule has 0 radical (unpaired) electrons. The lowest BCUT2D eigenvalue weighted by Gasteiger charge is -2.14. The summed E-state index contributed by atoms with van der Waals surface area (Å²) in [5.41, 5.74) is 6.15. The summed E-state index contributed by atoms with van der Waals surface area (Å²) < 4.78 is 11.7. The second kappa shape index (κ2) is 10.8. The molecule has 0 heterocycles. The third-order valence-electron chi connectivity index (χ3n) is 3.55. The van der Waals surface area contributed by atoms with Crippen LogP contribution < -0.4 is 25.6 Å². The van der Waals surface area contributed by atoms with E-state index in [0.29, 0.717) is 21.5 Å². The zero-order valence-corrected chi connectivity index (χ0v) is 18.6. The van der Waals surface area contributed by atoms with Gasteiger partial charge in [-0.1, -0.05) is 18.2 Å². The predicted octanol–water partition coefficient (Wildman–Crippen LogP) is 3.26. The number of hydrogen-bond acceptors (Lipinski definition) is 5. The van der Waals surface area contributed by atoms with Crippen LogP contribution in [0.3, 0.4) is 0 Å². The number of carbonyl (C=O) groups excluding carboxylic acids is 2. The maximum Gasteiger partial charge on any atom is 0.276 e. The number of thiocarbonyl (C=S) groups is 1. The molecule has 2 aromatic carbocycles. The highest BCUT2D eigenvalue weighted by atomic mass is 79.9. The van der Waals surface area contributed by atoms with Crippen LogP contribution in [0.4, 0.5) is 0 Å². The topological polar surface area (TPSA) is 88.7 Å². The lowest BCUT2D eigenvalue weighted by molar-refractivity contribution is -0.123. The van der Waals surface area contributed by atoms with Crippen molar-refractivity contribution in [2.75, 3.05) is 6.61 Å². The van der Waals surface area contributed by atoms with Crippen molar-refractivity contribution in [3.63, 3.8) is 0 Å². The molecule has 0 aliphatic carbocycles. The first-order valence-electron chi connectivity index (χ1n) is 8.81. The summed E-state index contributed by atoms with van der Waals surface area (Å²) in [6, 6.07) is 12.3. The standard InChI is InChI=1S/C20H22BrN3O4S/c1-12(2)28-17-9-8-14(10-15(17)21)19(26)22-20(29)24-23-18(25)11-27-16-7-5-4-6-13(16)3/h4-10,12H,11H2,1-3H3,(H,23,25)(H2,22,24,26,29). The van der Waals surface area contributed by atoms with Gasteiger partial charge in [0.25, 0.3) is 11.8 Å². The monoisotopic (exact) mass is 479 g/mol. The van der Waals surface area contributed by atoms with Crippen molar-refractivity contribution in [1.82, 2.24) is 16.2 Å². The van der Waals surface area contributed by atoms with E-state index in [-0.39, 0.29) is 17.8 Å². The Labute approximate surface area is 183 Å². The average molecular weight is 480 g/mol. The molecule has 7 nitrogen and oxygen atoms in total. The molecular weight excluding hydrogens is 458 g/mol. The van der Waals surface area contributed by atoms with Crippen LogP contribution in [0.25, 0.3) is 0 Å². The third-order valence-corrected chi connectivity index (χ3v) is 4.38. The summed E-state index contributed by atoms with van der Waals surface area (Å²) in [6.45, 7) is 5.52. The number of hydrogen-bond donors (Lipinski definition) is 3. The smallest absolute Gasteiger partial charge is 0.276 e. The molecule has 2 rings (SSSR count). The van der Waals surface area contributed by atoms with Gasteiger partial charge in [0.15, 0.2) is 11.7 Å². The van der Waals surface area contributed by atoms with E-state index in [1.165, 1.54) is 0 Å². The van der Waals surface area contributed by atoms with Crippen LogP contribution in [0.2, 0.25) is 0 Å². The van der Waals surface area contributed by atoms with E-state index in [2.05, 4.69) is 32.1 Å². The van der Waals surface area contributed by atoms with Crippen LogP contribution in [0.15, 0.2) is 46.9 Å². The molecule has 0 aliphatic heterocycles. The summed E-state index contributed by atoms with van der Waals surface area (Å²) in [7, 11) is 0. The second-order valence-corrected chi connectivity index (χ2v) is 7.58. The number of para-hydroxylation sites is 1. The Bertz CT molecular complexity index is 905. The maximum atomic E-state index is 12.3. The molecule has 0 spiro atoms. The first kappa shape index (κ1) is 22.6. The minimum atomic E-state index is -0.442. The molecule has 154 valence electrons. The fraction of sp³-hybridized carbons (Fsp3) is 0.250. The molecule has 3 N–H and O–H groups in total. The summed E-state index contributed by atoms with van der Waals surface area (Å²) in [6.07, 6.45) is 0.0150. The lowest BCUT2D eigenvalue weighted by atomic mass is 10.2. The van der Waals surface area contributed by atoms with Crippen LogP contribution in [0.5, 0.6) is 11.5 Å². The number of carbonyl (C=O) groups is 2. The van der Waals surface area contributed by atoms with E-state index in [1.54, 1.807) is 24.3 Å². The summed E-state index contributed by atoms with van der Waals surface area (Å²) in [5, 5.41) is 2.44. The molecule has 0 saturated carbocycles. The number of ether oxygens (including phenoxy) is 2. The number of amides is 2. The number of rotatable bonds is 6. The van der Waals surface area contributed by atoms with Gasteiger partial charge in [0.05, 0.1) is 10.6 Å². The van der Waals surface area contributed by atoms with Gasteiger partial charge in [-0.05, 0) is 78.7 Å². The Hall–Kier alpha value is -2.65. The molecule has 29 heavy (non-hydrogen) atoms. The van der Waals surface area contributed by atoms with Crippen molar-refractivity contribution in [3.05, 3.63) is 58.1 Å². The lowest BCUT2D eigenvalue weighted by Crippen LogP contribution is -2.49. The molecule has 2 aromatic rings. The van der Waals surface area contributed by atoms with Crippen LogP contribution in [-0.4, -0.2) is 29.6 Å². The van der Waals surface area contributed by atoms with Crippen LogP contribution >= 0.6 is 28.1 Å². The van der Waals surface area contributed by atoms with Crippen molar-refractivity contribution in [2.45, 2.75) is 26.9 Å². The number of benzene rings is 2. The molecule has 0 aliphatic rings. The quantitative estimate of drug-likeness (QED) is 0.435. The van der Waals surface area contributed by atoms with Crippen molar-refractivity contribution in [3.8, 4) is 11.5 Å². The molecule has 0 atom stereocenters. The second-order valence-electron chi connectivity index (χ2n) is 6.32. The zero-order chi connectivity index (χ0) is 21.4. The molecule has 0 unspecified atom stereocenters. The normalized spacial score (nSPS) is 10.2. The molecular formula is C20H22BrN3O4S. The average Bonchev–Trinajstić information content (AvgIpc) is 2.67. The third kappa shape index (κ3) is 7.35. The zero-order valence-electron chi connectivity index (χ0n) is 16.2. The largest absolute Gasteiger partial charge is 0.490 e. The van der Waals surface area contributed by atoms with Crippen molar-refractivity contribution >= 4 is 45.1 Å². The Balaban J connectivity index is 1.79. The van der Waals surface area contributed by atoms with E-state index < -0.39 is 11.8 Å². The summed E-state index contributed by atoms with van der Waals surface area (Å²) >= 11 is 8.40. The molecule has 0 fully saturated rings. The van der Waals surface area contributed by atoms with E-state index in [1.807, 2.05) is 39.0 Å².